The fraction of sp³-hybridized carbons (Fsp3) is 0.727. The Morgan fingerprint density at radius 3 is 2.77 bits per heavy atom. The average molecular weight is 178 g/mol. The zero-order valence-corrected chi connectivity index (χ0v) is 8.21. The van der Waals surface area contributed by atoms with Gasteiger partial charge < -0.3 is 0 Å². The largest absolute Gasteiger partial charge is 0.298 e. The third-order valence-electron chi connectivity index (χ3n) is 2.82. The molecule has 2 aliphatic rings. The molecule has 0 bridgehead atoms. The average Bonchev–Trinajstić information content (AvgIpc) is 2.21. The van der Waals surface area contributed by atoms with Gasteiger partial charge in [-0.15, -0.1) is 0 Å². The molecule has 72 valence electrons. The van der Waals surface area contributed by atoms with Crippen LogP contribution in [-0.4, -0.2) is 30.2 Å². The normalized spacial score (nSPS) is 24.5. The molecule has 0 aliphatic carbocycles. The van der Waals surface area contributed by atoms with Gasteiger partial charge in [-0.3, -0.25) is 9.89 Å². The van der Waals surface area contributed by atoms with E-state index in [1.807, 2.05) is 6.20 Å². The molecular formula is C11H18N2. The summed E-state index contributed by atoms with van der Waals surface area (Å²) in [4.78, 5) is 6.96. The molecule has 13 heavy (non-hydrogen) atoms. The first-order valence-electron chi connectivity index (χ1n) is 5.38. The van der Waals surface area contributed by atoms with Crippen molar-refractivity contribution in [3.05, 3.63) is 12.3 Å². The molecule has 0 N–H and O–H groups in total. The van der Waals surface area contributed by atoms with Gasteiger partial charge in [-0.05, 0) is 38.8 Å². The zero-order chi connectivity index (χ0) is 8.93. The number of rotatable bonds is 2. The number of piperidine rings is 1. The minimum atomic E-state index is 1.12. The lowest BCUT2D eigenvalue weighted by molar-refractivity contribution is 0.257. The molecule has 0 aromatic carbocycles. The lowest BCUT2D eigenvalue weighted by atomic mass is 10.1. The van der Waals surface area contributed by atoms with E-state index < -0.39 is 0 Å². The Hall–Kier alpha value is -0.630. The van der Waals surface area contributed by atoms with Crippen LogP contribution in [0.3, 0.4) is 0 Å². The van der Waals surface area contributed by atoms with Crippen molar-refractivity contribution in [3.8, 4) is 0 Å². The molecule has 1 saturated heterocycles. The summed E-state index contributed by atoms with van der Waals surface area (Å²) in [5.74, 6) is 0. The lowest BCUT2D eigenvalue weighted by Gasteiger charge is -2.27. The van der Waals surface area contributed by atoms with Crippen LogP contribution in [0, 0.1) is 0 Å². The standard InChI is InChI=1S/C11H18N2/c1-4-8-13(9-5-1)10-11-6-2-3-7-12-11/h3,7H,1-2,4-6,8-10H2. The second kappa shape index (κ2) is 4.56. The van der Waals surface area contributed by atoms with Gasteiger partial charge in [0.05, 0.1) is 0 Å². The van der Waals surface area contributed by atoms with Crippen molar-refractivity contribution in [2.75, 3.05) is 19.6 Å². The molecule has 0 saturated carbocycles. The maximum atomic E-state index is 4.42. The third kappa shape index (κ3) is 2.66. The number of aliphatic imine (C=N–C) groups is 1. The molecule has 2 rings (SSSR count). The number of nitrogens with zero attached hydrogens (tertiary/aromatic N) is 2. The van der Waals surface area contributed by atoms with Crippen molar-refractivity contribution in [1.82, 2.24) is 4.90 Å². The topological polar surface area (TPSA) is 15.6 Å². The summed E-state index contributed by atoms with van der Waals surface area (Å²) in [6, 6.07) is 0. The van der Waals surface area contributed by atoms with Crippen LogP contribution in [0.4, 0.5) is 0 Å². The second-order valence-electron chi connectivity index (χ2n) is 3.96. The lowest BCUT2D eigenvalue weighted by Crippen LogP contribution is -2.34. The van der Waals surface area contributed by atoms with Crippen LogP contribution in [0.25, 0.3) is 0 Å². The summed E-state index contributed by atoms with van der Waals surface area (Å²) >= 11 is 0. The molecule has 2 heterocycles. The minimum Gasteiger partial charge on any atom is -0.298 e. The van der Waals surface area contributed by atoms with Crippen molar-refractivity contribution in [3.63, 3.8) is 0 Å². The highest BCUT2D eigenvalue weighted by atomic mass is 15.1. The molecule has 2 nitrogen and oxygen atoms in total. The van der Waals surface area contributed by atoms with Gasteiger partial charge in [-0.25, -0.2) is 0 Å². The molecule has 0 aromatic rings. The van der Waals surface area contributed by atoms with E-state index in [4.69, 9.17) is 0 Å². The molecule has 0 aromatic heterocycles. The number of likely N-dealkylation sites (tertiary alicyclic amines) is 1. The van der Waals surface area contributed by atoms with Gasteiger partial charge >= 0.3 is 0 Å². The van der Waals surface area contributed by atoms with Crippen LogP contribution in [-0.2, 0) is 0 Å². The van der Waals surface area contributed by atoms with E-state index in [0.717, 1.165) is 6.54 Å². The van der Waals surface area contributed by atoms with Crippen LogP contribution in [0.5, 0.6) is 0 Å². The van der Waals surface area contributed by atoms with Gasteiger partial charge in [0.25, 0.3) is 0 Å². The highest BCUT2D eigenvalue weighted by Gasteiger charge is 2.12. The summed E-state index contributed by atoms with van der Waals surface area (Å²) in [5.41, 5.74) is 1.38. The highest BCUT2D eigenvalue weighted by Crippen LogP contribution is 2.10. The maximum Gasteiger partial charge on any atom is 0.0367 e. The van der Waals surface area contributed by atoms with Gasteiger partial charge in [-0.1, -0.05) is 12.5 Å². The smallest absolute Gasteiger partial charge is 0.0367 e. The summed E-state index contributed by atoms with van der Waals surface area (Å²) in [7, 11) is 0. The van der Waals surface area contributed by atoms with E-state index in [0.29, 0.717) is 0 Å². The van der Waals surface area contributed by atoms with E-state index in [1.54, 1.807) is 0 Å². The van der Waals surface area contributed by atoms with E-state index in [9.17, 15) is 0 Å². The summed E-state index contributed by atoms with van der Waals surface area (Å²) < 4.78 is 0. The van der Waals surface area contributed by atoms with Gasteiger partial charge in [0, 0.05) is 18.5 Å². The molecule has 2 aliphatic heterocycles. The maximum absolute atomic E-state index is 4.42. The van der Waals surface area contributed by atoms with Crippen LogP contribution in [0.15, 0.2) is 17.3 Å². The first-order chi connectivity index (χ1) is 6.45. The summed E-state index contributed by atoms with van der Waals surface area (Å²) in [6.45, 7) is 3.68. The fourth-order valence-electron chi connectivity index (χ4n) is 2.04. The molecule has 1 fully saturated rings. The first-order valence-corrected chi connectivity index (χ1v) is 5.38. The van der Waals surface area contributed by atoms with Gasteiger partial charge in [0.1, 0.15) is 0 Å². The summed E-state index contributed by atoms with van der Waals surface area (Å²) in [6.07, 6.45) is 10.7. The SMILES string of the molecule is C1=CN=C(CN2CCCCC2)CC1. The van der Waals surface area contributed by atoms with E-state index in [-0.39, 0.29) is 0 Å². The Bertz CT molecular complexity index is 212. The molecule has 0 spiro atoms. The number of allylic oxidation sites excluding steroid dienone is 1. The van der Waals surface area contributed by atoms with Crippen molar-refractivity contribution < 1.29 is 0 Å². The molecule has 0 unspecified atom stereocenters. The zero-order valence-electron chi connectivity index (χ0n) is 8.21. The van der Waals surface area contributed by atoms with E-state index in [2.05, 4.69) is 16.0 Å². The monoisotopic (exact) mass is 178 g/mol. The fourth-order valence-corrected chi connectivity index (χ4v) is 2.04. The predicted octanol–water partition coefficient (Wildman–Crippen LogP) is 2.22. The number of hydrogen-bond acceptors (Lipinski definition) is 2. The summed E-state index contributed by atoms with van der Waals surface area (Å²) in [5, 5.41) is 0. The second-order valence-corrected chi connectivity index (χ2v) is 3.96. The van der Waals surface area contributed by atoms with E-state index >= 15 is 0 Å². The van der Waals surface area contributed by atoms with Crippen molar-refractivity contribution >= 4 is 5.71 Å². The molecule has 0 atom stereocenters. The van der Waals surface area contributed by atoms with Crippen LogP contribution < -0.4 is 0 Å². The van der Waals surface area contributed by atoms with Crippen LogP contribution in [0.2, 0.25) is 0 Å². The van der Waals surface area contributed by atoms with Crippen LogP contribution in [0.1, 0.15) is 32.1 Å². The Labute approximate surface area is 80.3 Å². The Balaban J connectivity index is 1.82. The molecular weight excluding hydrogens is 160 g/mol. The van der Waals surface area contributed by atoms with Gasteiger partial charge in [0.2, 0.25) is 0 Å². The van der Waals surface area contributed by atoms with Crippen molar-refractivity contribution in [2.45, 2.75) is 32.1 Å². The Kier molecular flexibility index (Phi) is 3.14. The van der Waals surface area contributed by atoms with Gasteiger partial charge in [0.15, 0.2) is 0 Å². The quantitative estimate of drug-likeness (QED) is 0.633. The number of hydrogen-bond donors (Lipinski definition) is 0. The molecule has 2 heteroatoms. The van der Waals surface area contributed by atoms with Crippen LogP contribution >= 0.6 is 0 Å². The molecule has 0 radical (unpaired) electrons. The highest BCUT2D eigenvalue weighted by molar-refractivity contribution is 5.87. The predicted molar refractivity (Wildman–Crippen MR) is 56.1 cm³/mol. The third-order valence-corrected chi connectivity index (χ3v) is 2.82. The minimum absolute atomic E-state index is 1.12. The van der Waals surface area contributed by atoms with Gasteiger partial charge in [-0.2, -0.15) is 0 Å². The van der Waals surface area contributed by atoms with Crippen molar-refractivity contribution in [2.24, 2.45) is 4.99 Å². The van der Waals surface area contributed by atoms with Crippen molar-refractivity contribution in [1.29, 1.82) is 0 Å². The Morgan fingerprint density at radius 2 is 2.08 bits per heavy atom. The van der Waals surface area contributed by atoms with E-state index in [1.165, 1.54) is 50.9 Å². The Morgan fingerprint density at radius 1 is 1.23 bits per heavy atom. The first kappa shape index (κ1) is 8.95. The molecule has 0 amide bonds.